The summed E-state index contributed by atoms with van der Waals surface area (Å²) in [6.45, 7) is 3.11. The van der Waals surface area contributed by atoms with Crippen LogP contribution in [0.25, 0.3) is 0 Å². The third-order valence-corrected chi connectivity index (χ3v) is 1.44. The van der Waals surface area contributed by atoms with Gasteiger partial charge >= 0.3 is 18.1 Å². The van der Waals surface area contributed by atoms with E-state index in [1.807, 2.05) is 0 Å². The predicted octanol–water partition coefficient (Wildman–Crippen LogP) is 0.820. The molecule has 0 spiro atoms. The van der Waals surface area contributed by atoms with E-state index >= 15 is 0 Å². The van der Waals surface area contributed by atoms with E-state index in [-0.39, 0.29) is 19.3 Å². The zero-order valence-corrected chi connectivity index (χ0v) is 10.5. The van der Waals surface area contributed by atoms with Crippen LogP contribution in [0.5, 0.6) is 0 Å². The molecule has 0 fully saturated rings. The highest BCUT2D eigenvalue weighted by Gasteiger charge is 2.06. The lowest BCUT2D eigenvalue weighted by atomic mass is 10.5. The van der Waals surface area contributed by atoms with Crippen LogP contribution in [0.2, 0.25) is 0 Å². The van der Waals surface area contributed by atoms with Gasteiger partial charge in [0.1, 0.15) is 13.2 Å². The average Bonchev–Trinajstić information content (AvgIpc) is 2.30. The third kappa shape index (κ3) is 9.20. The molecule has 0 N–H and O–H groups in total. The van der Waals surface area contributed by atoms with Crippen LogP contribution in [0.15, 0.2) is 12.2 Å². The number of ether oxygens (including phenoxy) is 4. The zero-order chi connectivity index (χ0) is 14.0. The van der Waals surface area contributed by atoms with Gasteiger partial charge in [0.2, 0.25) is 0 Å². The van der Waals surface area contributed by atoms with E-state index in [0.29, 0.717) is 0 Å². The Bertz CT molecular complexity index is 319. The van der Waals surface area contributed by atoms with E-state index in [2.05, 4.69) is 18.9 Å². The second-order valence-corrected chi connectivity index (χ2v) is 3.29. The first-order valence-electron chi connectivity index (χ1n) is 5.22. The van der Waals surface area contributed by atoms with E-state index in [4.69, 9.17) is 0 Å². The molecule has 0 heterocycles. The number of hydrogen-bond acceptors (Lipinski definition) is 7. The summed E-state index contributed by atoms with van der Waals surface area (Å²) < 4.78 is 18.2. The summed E-state index contributed by atoms with van der Waals surface area (Å²) in [5, 5.41) is 0. The third-order valence-electron chi connectivity index (χ3n) is 1.44. The lowest BCUT2D eigenvalue weighted by molar-refractivity contribution is -0.140. The van der Waals surface area contributed by atoms with Crippen molar-refractivity contribution < 1.29 is 33.3 Å². The van der Waals surface area contributed by atoms with E-state index in [1.165, 1.54) is 7.11 Å². The van der Waals surface area contributed by atoms with E-state index in [0.717, 1.165) is 12.2 Å². The molecule has 0 aliphatic heterocycles. The fourth-order valence-corrected chi connectivity index (χ4v) is 0.746. The maximum Gasteiger partial charge on any atom is 0.508 e. The molecule has 0 atom stereocenters. The van der Waals surface area contributed by atoms with Crippen molar-refractivity contribution in [2.45, 2.75) is 20.0 Å². The number of carbonyl (C=O) groups excluding carboxylic acids is 3. The molecule has 0 saturated carbocycles. The summed E-state index contributed by atoms with van der Waals surface area (Å²) in [6, 6.07) is 0. The molecule has 0 aliphatic carbocycles. The first-order valence-corrected chi connectivity index (χ1v) is 5.22. The van der Waals surface area contributed by atoms with Gasteiger partial charge in [0.25, 0.3) is 0 Å². The monoisotopic (exact) mass is 260 g/mol. The van der Waals surface area contributed by atoms with Crippen LogP contribution in [0.4, 0.5) is 4.79 Å². The van der Waals surface area contributed by atoms with Crippen molar-refractivity contribution in [1.29, 1.82) is 0 Å². The van der Waals surface area contributed by atoms with Crippen molar-refractivity contribution in [3.8, 4) is 0 Å². The number of methoxy groups -OCH3 is 1. The Balaban J connectivity index is 3.66. The molecule has 18 heavy (non-hydrogen) atoms. The molecule has 0 saturated heterocycles. The van der Waals surface area contributed by atoms with Crippen molar-refractivity contribution in [3.05, 3.63) is 12.2 Å². The van der Waals surface area contributed by atoms with Crippen LogP contribution < -0.4 is 0 Å². The number of rotatable bonds is 6. The fourth-order valence-electron chi connectivity index (χ4n) is 0.746. The molecule has 0 unspecified atom stereocenters. The van der Waals surface area contributed by atoms with Crippen LogP contribution in [-0.2, 0) is 28.5 Å². The van der Waals surface area contributed by atoms with Gasteiger partial charge in [0, 0.05) is 12.2 Å². The molecule has 7 heteroatoms. The summed E-state index contributed by atoms with van der Waals surface area (Å²) in [6.07, 6.45) is 0.739. The first kappa shape index (κ1) is 16.0. The maximum absolute atomic E-state index is 11.0. The highest BCUT2D eigenvalue weighted by Crippen LogP contribution is 1.93. The van der Waals surface area contributed by atoms with Crippen LogP contribution in [0.1, 0.15) is 13.8 Å². The topological polar surface area (TPSA) is 88.1 Å². The molecule has 0 aromatic rings. The zero-order valence-electron chi connectivity index (χ0n) is 10.5. The quantitative estimate of drug-likeness (QED) is 0.302. The Kier molecular flexibility index (Phi) is 8.00. The Labute approximate surface area is 105 Å². The standard InChI is InChI=1S/C11H16O7/c1-8(2)18-11(14)17-7-6-16-10(13)5-4-9(12)15-3/h4-5,8H,6-7H2,1-3H3/b5-4+. The Morgan fingerprint density at radius 2 is 1.56 bits per heavy atom. The van der Waals surface area contributed by atoms with Crippen molar-refractivity contribution in [1.82, 2.24) is 0 Å². The van der Waals surface area contributed by atoms with Gasteiger partial charge in [-0.1, -0.05) is 0 Å². The molecule has 0 radical (unpaired) electrons. The summed E-state index contributed by atoms with van der Waals surface area (Å²) >= 11 is 0. The molecule has 102 valence electrons. The average molecular weight is 260 g/mol. The molecule has 0 amide bonds. The lowest BCUT2D eigenvalue weighted by Gasteiger charge is -2.08. The van der Waals surface area contributed by atoms with Crippen molar-refractivity contribution in [2.75, 3.05) is 20.3 Å². The van der Waals surface area contributed by atoms with Crippen LogP contribution in [-0.4, -0.2) is 44.5 Å². The summed E-state index contributed by atoms with van der Waals surface area (Å²) in [5.41, 5.74) is 0. The van der Waals surface area contributed by atoms with Crippen LogP contribution >= 0.6 is 0 Å². The Hall–Kier alpha value is -2.05. The summed E-state index contributed by atoms with van der Waals surface area (Å²) in [7, 11) is 1.19. The van der Waals surface area contributed by atoms with Gasteiger partial charge in [0.15, 0.2) is 0 Å². The van der Waals surface area contributed by atoms with E-state index < -0.39 is 18.1 Å². The van der Waals surface area contributed by atoms with Gasteiger partial charge < -0.3 is 18.9 Å². The number of esters is 2. The van der Waals surface area contributed by atoms with Gasteiger partial charge in [-0.2, -0.15) is 0 Å². The largest absolute Gasteiger partial charge is 0.508 e. The minimum Gasteiger partial charge on any atom is -0.466 e. The molecular formula is C11H16O7. The van der Waals surface area contributed by atoms with E-state index in [1.54, 1.807) is 13.8 Å². The highest BCUT2D eigenvalue weighted by atomic mass is 16.7. The Morgan fingerprint density at radius 1 is 1.00 bits per heavy atom. The number of hydrogen-bond donors (Lipinski definition) is 0. The lowest BCUT2D eigenvalue weighted by Crippen LogP contribution is -2.16. The first-order chi connectivity index (χ1) is 8.45. The van der Waals surface area contributed by atoms with Gasteiger partial charge in [-0.25, -0.2) is 14.4 Å². The van der Waals surface area contributed by atoms with Gasteiger partial charge in [0.05, 0.1) is 13.2 Å². The molecule has 0 rings (SSSR count). The molecule has 0 aromatic heterocycles. The molecule has 0 bridgehead atoms. The maximum atomic E-state index is 11.0. The van der Waals surface area contributed by atoms with Gasteiger partial charge in [-0.3, -0.25) is 0 Å². The molecule has 0 aliphatic rings. The van der Waals surface area contributed by atoms with Crippen LogP contribution in [0.3, 0.4) is 0 Å². The SMILES string of the molecule is COC(=O)/C=C/C(=O)OCCOC(=O)OC(C)C. The van der Waals surface area contributed by atoms with E-state index in [9.17, 15) is 14.4 Å². The molecule has 0 aromatic carbocycles. The smallest absolute Gasteiger partial charge is 0.466 e. The van der Waals surface area contributed by atoms with Crippen molar-refractivity contribution in [2.24, 2.45) is 0 Å². The Morgan fingerprint density at radius 3 is 2.11 bits per heavy atom. The minimum atomic E-state index is -0.828. The molecule has 7 nitrogen and oxygen atoms in total. The van der Waals surface area contributed by atoms with Crippen molar-refractivity contribution >= 4 is 18.1 Å². The second kappa shape index (κ2) is 9.03. The number of carbonyl (C=O) groups is 3. The normalized spacial score (nSPS) is 10.2. The van der Waals surface area contributed by atoms with Crippen molar-refractivity contribution in [3.63, 3.8) is 0 Å². The fraction of sp³-hybridized carbons (Fsp3) is 0.545. The minimum absolute atomic E-state index is 0.122. The van der Waals surface area contributed by atoms with Gasteiger partial charge in [-0.15, -0.1) is 0 Å². The highest BCUT2D eigenvalue weighted by molar-refractivity contribution is 5.91. The summed E-state index contributed by atoms with van der Waals surface area (Å²) in [5.74, 6) is -1.40. The summed E-state index contributed by atoms with van der Waals surface area (Å²) in [4.78, 5) is 32.5. The second-order valence-electron chi connectivity index (χ2n) is 3.29. The predicted molar refractivity (Wildman–Crippen MR) is 59.7 cm³/mol. The van der Waals surface area contributed by atoms with Crippen LogP contribution in [0, 0.1) is 0 Å². The van der Waals surface area contributed by atoms with Gasteiger partial charge in [-0.05, 0) is 13.8 Å². The molecular weight excluding hydrogens is 244 g/mol.